The Morgan fingerprint density at radius 2 is 1.13 bits per heavy atom. The van der Waals surface area contributed by atoms with Crippen molar-refractivity contribution in [2.45, 2.75) is 0 Å². The minimum absolute atomic E-state index is 0.692. The number of fused-ring (bicyclic) bond motifs is 7. The topological polar surface area (TPSA) is 40.0 Å². The van der Waals surface area contributed by atoms with E-state index in [1.807, 2.05) is 28.9 Å². The Labute approximate surface area is 304 Å². The van der Waals surface area contributed by atoms with Gasteiger partial charge in [0.15, 0.2) is 11.5 Å². The van der Waals surface area contributed by atoms with Gasteiger partial charge < -0.3 is 9.13 Å². The number of aromatic nitrogens is 5. The summed E-state index contributed by atoms with van der Waals surface area (Å²) < 4.78 is 6.48. The Hall–Kier alpha value is -7.42. The van der Waals surface area contributed by atoms with E-state index < -0.39 is 0 Å². The molecule has 4 aromatic heterocycles. The first-order valence-corrected chi connectivity index (χ1v) is 17.8. The van der Waals surface area contributed by atoms with Crippen LogP contribution in [-0.4, -0.2) is 23.7 Å². The fourth-order valence-electron chi connectivity index (χ4n) is 7.97. The summed E-state index contributed by atoms with van der Waals surface area (Å²) in [6.07, 6.45) is 7.94. The maximum atomic E-state index is 5.10. The average Bonchev–Trinajstić information content (AvgIpc) is 3.92. The summed E-state index contributed by atoms with van der Waals surface area (Å²) in [7, 11) is 0. The molecule has 1 aliphatic carbocycles. The SMILES string of the molecule is C1=C=C(n2c3ccccc3c3cc(-c4cccc(-c5cccn6nc(-c7ccc(-n8c9ccccc9c9ccccc98)cc7)nc56)c4)ccc32)C=CC=1. The standard InChI is InChI=1S/C48H29N5/c1-2-14-36(15-3-1)52-45-22-9-6-18-41(45)42-31-34(25-28-46(42)52)33-12-10-13-35(30-33)38-19-11-29-51-48(38)49-47(50-51)32-23-26-37(27-24-32)53-43-20-7-4-16-39(43)40-17-5-8-21-44(40)53/h1-2,4-14,16-31H. The van der Waals surface area contributed by atoms with Crippen LogP contribution in [0.5, 0.6) is 0 Å². The highest BCUT2D eigenvalue weighted by molar-refractivity contribution is 6.12. The fourth-order valence-corrected chi connectivity index (χ4v) is 7.97. The van der Waals surface area contributed by atoms with Crippen molar-refractivity contribution in [3.05, 3.63) is 188 Å². The van der Waals surface area contributed by atoms with Crippen LogP contribution in [0, 0.1) is 0 Å². The number of benzene rings is 6. The van der Waals surface area contributed by atoms with Crippen molar-refractivity contribution in [1.29, 1.82) is 0 Å². The van der Waals surface area contributed by atoms with Gasteiger partial charge in [0.2, 0.25) is 0 Å². The summed E-state index contributed by atoms with van der Waals surface area (Å²) in [5, 5.41) is 9.84. The molecule has 0 N–H and O–H groups in total. The Bertz CT molecular complexity index is 3190. The third-order valence-electron chi connectivity index (χ3n) is 10.4. The molecule has 0 unspecified atom stereocenters. The first-order chi connectivity index (χ1) is 26.3. The van der Waals surface area contributed by atoms with Gasteiger partial charge in [-0.25, -0.2) is 9.50 Å². The van der Waals surface area contributed by atoms with Crippen molar-refractivity contribution in [3.8, 4) is 39.3 Å². The lowest BCUT2D eigenvalue weighted by atomic mass is 9.98. The predicted molar refractivity (Wildman–Crippen MR) is 217 cm³/mol. The van der Waals surface area contributed by atoms with E-state index >= 15 is 0 Å². The highest BCUT2D eigenvalue weighted by Crippen LogP contribution is 2.37. The minimum Gasteiger partial charge on any atom is -0.309 e. The minimum atomic E-state index is 0.692. The first-order valence-electron chi connectivity index (χ1n) is 17.8. The average molecular weight is 676 g/mol. The second kappa shape index (κ2) is 11.6. The number of allylic oxidation sites excluding steroid dienone is 4. The molecule has 5 nitrogen and oxygen atoms in total. The Balaban J connectivity index is 0.968. The van der Waals surface area contributed by atoms with Crippen LogP contribution in [0.25, 0.3) is 94.3 Å². The molecule has 0 aliphatic heterocycles. The van der Waals surface area contributed by atoms with Gasteiger partial charge >= 0.3 is 0 Å². The maximum absolute atomic E-state index is 5.10. The van der Waals surface area contributed by atoms with E-state index in [1.165, 1.54) is 32.6 Å². The van der Waals surface area contributed by atoms with Crippen LogP contribution in [0.4, 0.5) is 0 Å². The Morgan fingerprint density at radius 3 is 1.87 bits per heavy atom. The lowest BCUT2D eigenvalue weighted by Crippen LogP contribution is -1.94. The molecule has 0 fully saturated rings. The molecule has 0 bridgehead atoms. The van der Waals surface area contributed by atoms with E-state index in [0.717, 1.165) is 55.9 Å². The molecule has 0 radical (unpaired) electrons. The molecule has 0 atom stereocenters. The van der Waals surface area contributed by atoms with Crippen molar-refractivity contribution < 1.29 is 0 Å². The number of hydrogen-bond donors (Lipinski definition) is 0. The molecule has 1 aliphatic rings. The van der Waals surface area contributed by atoms with Crippen LogP contribution in [-0.2, 0) is 0 Å². The van der Waals surface area contributed by atoms with Crippen molar-refractivity contribution in [2.75, 3.05) is 0 Å². The fraction of sp³-hybridized carbons (Fsp3) is 0. The highest BCUT2D eigenvalue weighted by atomic mass is 15.3. The smallest absolute Gasteiger partial charge is 0.182 e. The third kappa shape index (κ3) is 4.60. The van der Waals surface area contributed by atoms with Crippen LogP contribution in [0.2, 0.25) is 0 Å². The van der Waals surface area contributed by atoms with E-state index in [4.69, 9.17) is 10.1 Å². The second-order valence-electron chi connectivity index (χ2n) is 13.4. The molecule has 6 aromatic carbocycles. The molecule has 10 aromatic rings. The lowest BCUT2D eigenvalue weighted by molar-refractivity contribution is 0.966. The molecule has 0 spiro atoms. The van der Waals surface area contributed by atoms with Crippen LogP contribution in [0.1, 0.15) is 0 Å². The van der Waals surface area contributed by atoms with Crippen LogP contribution in [0.15, 0.2) is 188 Å². The third-order valence-corrected chi connectivity index (χ3v) is 10.4. The highest BCUT2D eigenvalue weighted by Gasteiger charge is 2.17. The summed E-state index contributed by atoms with van der Waals surface area (Å²) in [6.45, 7) is 0. The van der Waals surface area contributed by atoms with Crippen LogP contribution in [0.3, 0.4) is 0 Å². The van der Waals surface area contributed by atoms with Gasteiger partial charge in [-0.15, -0.1) is 5.10 Å². The van der Waals surface area contributed by atoms with Gasteiger partial charge in [0, 0.05) is 44.6 Å². The summed E-state index contributed by atoms with van der Waals surface area (Å²) in [5.74, 6) is 0.692. The van der Waals surface area contributed by atoms with Gasteiger partial charge in [-0.2, -0.15) is 0 Å². The van der Waals surface area contributed by atoms with Crippen molar-refractivity contribution >= 4 is 55.0 Å². The van der Waals surface area contributed by atoms with Gasteiger partial charge in [0.1, 0.15) is 0 Å². The lowest BCUT2D eigenvalue weighted by Gasteiger charge is -2.09. The number of pyridine rings is 1. The normalized spacial score (nSPS) is 12.6. The maximum Gasteiger partial charge on any atom is 0.182 e. The van der Waals surface area contributed by atoms with E-state index in [0.29, 0.717) is 5.82 Å². The van der Waals surface area contributed by atoms with Crippen LogP contribution < -0.4 is 0 Å². The molecule has 5 heteroatoms. The number of nitrogens with zero attached hydrogens (tertiary/aromatic N) is 5. The number of rotatable bonds is 5. The molecule has 53 heavy (non-hydrogen) atoms. The quantitative estimate of drug-likeness (QED) is 0.170. The largest absolute Gasteiger partial charge is 0.309 e. The summed E-state index contributed by atoms with van der Waals surface area (Å²) in [4.78, 5) is 5.10. The Kier molecular flexibility index (Phi) is 6.40. The summed E-state index contributed by atoms with van der Waals surface area (Å²) in [6, 6.07) is 53.9. The zero-order valence-corrected chi connectivity index (χ0v) is 28.5. The number of hydrogen-bond acceptors (Lipinski definition) is 2. The molecule has 11 rings (SSSR count). The zero-order chi connectivity index (χ0) is 34.9. The van der Waals surface area contributed by atoms with E-state index in [1.54, 1.807) is 0 Å². The van der Waals surface area contributed by atoms with Gasteiger partial charge in [-0.1, -0.05) is 90.7 Å². The van der Waals surface area contributed by atoms with Crippen molar-refractivity contribution in [3.63, 3.8) is 0 Å². The van der Waals surface area contributed by atoms with Crippen molar-refractivity contribution in [1.82, 2.24) is 23.7 Å². The molecular formula is C48H29N5. The molecule has 0 amide bonds. The summed E-state index contributed by atoms with van der Waals surface area (Å²) >= 11 is 0. The van der Waals surface area contributed by atoms with Crippen LogP contribution >= 0.6 is 0 Å². The molecule has 0 saturated heterocycles. The molecule has 4 heterocycles. The predicted octanol–water partition coefficient (Wildman–Crippen LogP) is 11.7. The first kappa shape index (κ1) is 29.3. The number of para-hydroxylation sites is 3. The monoisotopic (exact) mass is 675 g/mol. The second-order valence-corrected chi connectivity index (χ2v) is 13.4. The molecular weight excluding hydrogens is 647 g/mol. The van der Waals surface area contributed by atoms with Gasteiger partial charge in [-0.3, -0.25) is 0 Å². The zero-order valence-electron chi connectivity index (χ0n) is 28.5. The van der Waals surface area contributed by atoms with Gasteiger partial charge in [-0.05, 0) is 107 Å². The summed E-state index contributed by atoms with van der Waals surface area (Å²) in [5.41, 5.74) is 19.4. The van der Waals surface area contributed by atoms with E-state index in [-0.39, 0.29) is 0 Å². The van der Waals surface area contributed by atoms with E-state index in [2.05, 4.69) is 172 Å². The van der Waals surface area contributed by atoms with Gasteiger partial charge in [0.05, 0.1) is 27.8 Å². The van der Waals surface area contributed by atoms with Crippen molar-refractivity contribution in [2.24, 2.45) is 0 Å². The van der Waals surface area contributed by atoms with Gasteiger partial charge in [0.25, 0.3) is 0 Å². The Morgan fingerprint density at radius 1 is 0.491 bits per heavy atom. The molecule has 0 saturated carbocycles. The van der Waals surface area contributed by atoms with E-state index in [9.17, 15) is 0 Å². The molecule has 246 valence electrons.